The van der Waals surface area contributed by atoms with E-state index in [9.17, 15) is 14.7 Å². The number of carbonyl (C=O) groups is 1. The molecule has 8 nitrogen and oxygen atoms in total. The fraction of sp³-hybridized carbons (Fsp3) is 0.273. The van der Waals surface area contributed by atoms with Gasteiger partial charge >= 0.3 is 5.97 Å². The Bertz CT molecular complexity index is 1880. The highest BCUT2D eigenvalue weighted by atomic mass is 16.5. The van der Waals surface area contributed by atoms with Crippen LogP contribution in [-0.4, -0.2) is 38.1 Å². The Morgan fingerprint density at radius 3 is 2.41 bits per heavy atom. The fourth-order valence-corrected chi connectivity index (χ4v) is 5.38. The zero-order valence-corrected chi connectivity index (χ0v) is 24.2. The summed E-state index contributed by atoms with van der Waals surface area (Å²) in [6.07, 6.45) is 1.64. The van der Waals surface area contributed by atoms with Gasteiger partial charge in [-0.15, -0.1) is 0 Å². The molecule has 0 aliphatic heterocycles. The minimum absolute atomic E-state index is 0.185. The van der Waals surface area contributed by atoms with Gasteiger partial charge in [-0.25, -0.2) is 9.78 Å². The lowest BCUT2D eigenvalue weighted by Crippen LogP contribution is -2.21. The summed E-state index contributed by atoms with van der Waals surface area (Å²) in [6, 6.07) is 18.1. The maximum atomic E-state index is 13.9. The molecule has 0 saturated heterocycles. The first-order valence-electron chi connectivity index (χ1n) is 13.8. The molecule has 5 aromatic rings. The third-order valence-electron chi connectivity index (χ3n) is 7.53. The molecular weight excluding hydrogens is 516 g/mol. The average molecular weight is 551 g/mol. The van der Waals surface area contributed by atoms with Gasteiger partial charge in [0.25, 0.3) is 5.56 Å². The Morgan fingerprint density at radius 2 is 1.73 bits per heavy atom. The van der Waals surface area contributed by atoms with E-state index < -0.39 is 12.0 Å². The second-order valence-electron chi connectivity index (χ2n) is 10.5. The summed E-state index contributed by atoms with van der Waals surface area (Å²) in [5.41, 5.74) is 5.28. The number of para-hydroxylation sites is 2. The van der Waals surface area contributed by atoms with Crippen LogP contribution in [0.5, 0.6) is 5.75 Å². The number of ether oxygens (including phenoxy) is 1. The third-order valence-corrected chi connectivity index (χ3v) is 7.53. The molecule has 1 N–H and O–H groups in total. The van der Waals surface area contributed by atoms with Crippen LogP contribution in [0.2, 0.25) is 0 Å². The number of fused-ring (bicyclic) bond motifs is 2. The zero-order chi connectivity index (χ0) is 29.4. The minimum atomic E-state index is -0.929. The van der Waals surface area contributed by atoms with Crippen molar-refractivity contribution in [1.82, 2.24) is 14.2 Å². The number of hydrogen-bond acceptors (Lipinski definition) is 5. The van der Waals surface area contributed by atoms with E-state index in [-0.39, 0.29) is 11.5 Å². The van der Waals surface area contributed by atoms with Gasteiger partial charge in [-0.3, -0.25) is 4.79 Å². The molecule has 0 aliphatic rings. The molecule has 3 aromatic carbocycles. The molecule has 8 heteroatoms. The lowest BCUT2D eigenvalue weighted by Gasteiger charge is -2.18. The summed E-state index contributed by atoms with van der Waals surface area (Å²) in [5.74, 6) is 0.497. The summed E-state index contributed by atoms with van der Waals surface area (Å²) in [4.78, 5) is 30.7. The summed E-state index contributed by atoms with van der Waals surface area (Å²) in [7, 11) is 0. The standard InChI is InChI=1S/C33H34N4O4/c1-7-41-30-16-20(4)26(17-25(30)19(2)3)31-35-28-14-10-8-13-24(28)32(38)37(31)34-18-27-21(5)36(22(6)33(39)40)29-15-11-9-12-23(27)29/h8-19,22H,7H2,1-6H3,(H,39,40)/t22-/m0/s1. The van der Waals surface area contributed by atoms with Crippen LogP contribution in [0.25, 0.3) is 33.2 Å². The van der Waals surface area contributed by atoms with Gasteiger partial charge < -0.3 is 14.4 Å². The molecule has 2 heterocycles. The Balaban J connectivity index is 1.78. The molecule has 0 unspecified atom stereocenters. The van der Waals surface area contributed by atoms with Gasteiger partial charge in [0, 0.05) is 27.7 Å². The van der Waals surface area contributed by atoms with Crippen LogP contribution >= 0.6 is 0 Å². The van der Waals surface area contributed by atoms with E-state index in [1.54, 1.807) is 23.8 Å². The summed E-state index contributed by atoms with van der Waals surface area (Å²) in [5, 5.41) is 15.8. The Kier molecular flexibility index (Phi) is 7.49. The predicted octanol–water partition coefficient (Wildman–Crippen LogP) is 6.68. The second-order valence-corrected chi connectivity index (χ2v) is 10.5. The van der Waals surface area contributed by atoms with Gasteiger partial charge in [0.2, 0.25) is 0 Å². The molecule has 210 valence electrons. The molecule has 1 atom stereocenters. The smallest absolute Gasteiger partial charge is 0.326 e. The molecular formula is C33H34N4O4. The lowest BCUT2D eigenvalue weighted by atomic mass is 9.96. The van der Waals surface area contributed by atoms with Crippen LogP contribution in [0.3, 0.4) is 0 Å². The van der Waals surface area contributed by atoms with Crippen molar-refractivity contribution in [3.05, 3.63) is 93.4 Å². The van der Waals surface area contributed by atoms with Crippen LogP contribution in [0.1, 0.15) is 62.0 Å². The van der Waals surface area contributed by atoms with Crippen molar-refractivity contribution < 1.29 is 14.6 Å². The van der Waals surface area contributed by atoms with E-state index >= 15 is 0 Å². The minimum Gasteiger partial charge on any atom is -0.494 e. The van der Waals surface area contributed by atoms with Crippen molar-refractivity contribution in [3.63, 3.8) is 0 Å². The van der Waals surface area contributed by atoms with Crippen LogP contribution in [0.15, 0.2) is 70.6 Å². The fourth-order valence-electron chi connectivity index (χ4n) is 5.38. The molecule has 41 heavy (non-hydrogen) atoms. The van der Waals surface area contributed by atoms with Crippen molar-refractivity contribution in [3.8, 4) is 17.1 Å². The molecule has 0 spiro atoms. The number of aromatic nitrogens is 3. The number of benzene rings is 3. The average Bonchev–Trinajstić information content (AvgIpc) is 3.23. The van der Waals surface area contributed by atoms with Crippen LogP contribution in [-0.2, 0) is 4.79 Å². The number of carboxylic acids is 1. The van der Waals surface area contributed by atoms with E-state index in [1.807, 2.05) is 75.4 Å². The number of nitrogens with zero attached hydrogens (tertiary/aromatic N) is 4. The zero-order valence-electron chi connectivity index (χ0n) is 24.2. The van der Waals surface area contributed by atoms with Crippen molar-refractivity contribution in [2.75, 3.05) is 6.61 Å². The maximum Gasteiger partial charge on any atom is 0.326 e. The number of aliphatic carboxylic acids is 1. The second kappa shape index (κ2) is 11.0. The highest BCUT2D eigenvalue weighted by molar-refractivity contribution is 6.02. The third kappa shape index (κ3) is 4.90. The Morgan fingerprint density at radius 1 is 1.05 bits per heavy atom. The summed E-state index contributed by atoms with van der Waals surface area (Å²) < 4.78 is 9.06. The van der Waals surface area contributed by atoms with Gasteiger partial charge in [0.15, 0.2) is 5.82 Å². The molecule has 0 amide bonds. The summed E-state index contributed by atoms with van der Waals surface area (Å²) >= 11 is 0. The van der Waals surface area contributed by atoms with Crippen LogP contribution in [0, 0.1) is 13.8 Å². The highest BCUT2D eigenvalue weighted by Crippen LogP contribution is 2.34. The van der Waals surface area contributed by atoms with Crippen molar-refractivity contribution in [1.29, 1.82) is 0 Å². The molecule has 0 fully saturated rings. The molecule has 0 aliphatic carbocycles. The van der Waals surface area contributed by atoms with Gasteiger partial charge in [0.1, 0.15) is 11.8 Å². The molecule has 2 aromatic heterocycles. The van der Waals surface area contributed by atoms with Crippen molar-refractivity contribution in [2.24, 2.45) is 5.10 Å². The number of carboxylic acid groups (broad SMARTS) is 1. The highest BCUT2D eigenvalue weighted by Gasteiger charge is 2.22. The van der Waals surface area contributed by atoms with Crippen LogP contribution in [0.4, 0.5) is 0 Å². The predicted molar refractivity (Wildman–Crippen MR) is 163 cm³/mol. The SMILES string of the molecule is CCOc1cc(C)c(-c2nc3ccccc3c(=O)n2N=Cc2c(C)n([C@@H](C)C(=O)O)c3ccccc23)cc1C(C)C. The van der Waals surface area contributed by atoms with E-state index in [4.69, 9.17) is 14.8 Å². The topological polar surface area (TPSA) is 98.7 Å². The quantitative estimate of drug-likeness (QED) is 0.217. The van der Waals surface area contributed by atoms with Crippen molar-refractivity contribution in [2.45, 2.75) is 53.5 Å². The number of rotatable bonds is 8. The first-order valence-corrected chi connectivity index (χ1v) is 13.8. The first-order chi connectivity index (χ1) is 19.6. The number of hydrogen-bond donors (Lipinski definition) is 1. The lowest BCUT2D eigenvalue weighted by molar-refractivity contribution is -0.140. The first kappa shape index (κ1) is 27.8. The van der Waals surface area contributed by atoms with Gasteiger partial charge in [-0.1, -0.05) is 44.2 Å². The molecule has 0 radical (unpaired) electrons. The largest absolute Gasteiger partial charge is 0.494 e. The van der Waals surface area contributed by atoms with E-state index in [0.717, 1.165) is 44.6 Å². The summed E-state index contributed by atoms with van der Waals surface area (Å²) in [6.45, 7) is 12.2. The molecule has 0 saturated carbocycles. The normalized spacial score (nSPS) is 12.6. The Hall–Kier alpha value is -4.72. The van der Waals surface area contributed by atoms with Gasteiger partial charge in [-0.2, -0.15) is 9.78 Å². The van der Waals surface area contributed by atoms with Crippen molar-refractivity contribution >= 4 is 34.0 Å². The Labute approximate surface area is 238 Å². The van der Waals surface area contributed by atoms with E-state index in [2.05, 4.69) is 13.8 Å². The molecule has 5 rings (SSSR count). The number of aryl methyl sites for hydroxylation is 1. The van der Waals surface area contributed by atoms with Gasteiger partial charge in [0.05, 0.1) is 23.7 Å². The monoisotopic (exact) mass is 550 g/mol. The van der Waals surface area contributed by atoms with Crippen LogP contribution < -0.4 is 10.3 Å². The maximum absolute atomic E-state index is 13.9. The van der Waals surface area contributed by atoms with E-state index in [0.29, 0.717) is 23.3 Å². The van der Waals surface area contributed by atoms with Gasteiger partial charge in [-0.05, 0) is 75.1 Å². The van der Waals surface area contributed by atoms with E-state index in [1.165, 1.54) is 4.68 Å². The molecule has 0 bridgehead atoms.